The minimum absolute atomic E-state index is 0.0310. The van der Waals surface area contributed by atoms with Crippen molar-refractivity contribution < 1.29 is 29.3 Å². The van der Waals surface area contributed by atoms with E-state index in [4.69, 9.17) is 28.9 Å². The molecular weight excluding hydrogens is 411 g/mol. The number of nitrogens with zero attached hydrogens (tertiary/aromatic N) is 6. The number of hydrogen-bond donors (Lipinski definition) is 4. The van der Waals surface area contributed by atoms with Crippen molar-refractivity contribution in [2.75, 3.05) is 18.1 Å². The summed E-state index contributed by atoms with van der Waals surface area (Å²) in [4.78, 5) is 44.7. The number of carbonyl (C=O) groups excluding carboxylic acids is 2. The van der Waals surface area contributed by atoms with E-state index >= 15 is 0 Å². The molecule has 144 valence electrons. The Morgan fingerprint density at radius 1 is 0.926 bits per heavy atom. The normalized spacial score (nSPS) is 12.8. The summed E-state index contributed by atoms with van der Waals surface area (Å²) in [5.41, 5.74) is 5.28. The highest BCUT2D eigenvalue weighted by molar-refractivity contribution is 6.28. The first-order valence-electron chi connectivity index (χ1n) is 6.75. The molecule has 0 aliphatic heterocycles. The summed E-state index contributed by atoms with van der Waals surface area (Å²) in [6.45, 7) is 0. The van der Waals surface area contributed by atoms with Gasteiger partial charge in [-0.05, 0) is 23.2 Å². The van der Waals surface area contributed by atoms with Crippen molar-refractivity contribution in [3.63, 3.8) is 0 Å². The third-order valence-corrected chi connectivity index (χ3v) is 2.92. The van der Waals surface area contributed by atoms with Crippen molar-refractivity contribution in [1.82, 2.24) is 29.9 Å². The summed E-state index contributed by atoms with van der Waals surface area (Å²) < 4.78 is 9.19. The molecule has 2 unspecified atom stereocenters. The summed E-state index contributed by atoms with van der Waals surface area (Å²) >= 11 is 11.1. The molecule has 0 saturated carbocycles. The number of nitrogen functional groups attached to an aromatic ring is 1. The molecule has 5 N–H and O–H groups in total. The average molecular weight is 421 g/mol. The number of rotatable bonds is 6. The van der Waals surface area contributed by atoms with Crippen LogP contribution in [0, 0.1) is 0 Å². The lowest BCUT2D eigenvalue weighted by atomic mass is 10.2. The highest BCUT2D eigenvalue weighted by atomic mass is 35.5. The van der Waals surface area contributed by atoms with Crippen LogP contribution in [0.4, 0.5) is 11.9 Å². The smallest absolute Gasteiger partial charge is 0.346 e. The van der Waals surface area contributed by atoms with Gasteiger partial charge in [0.05, 0.1) is 0 Å². The third kappa shape index (κ3) is 5.52. The van der Waals surface area contributed by atoms with Crippen LogP contribution in [0.2, 0.25) is 10.6 Å². The van der Waals surface area contributed by atoms with Crippen LogP contribution >= 0.6 is 23.2 Å². The largest absolute Gasteiger partial charge is 0.389 e. The molecule has 16 heteroatoms. The SMILES string of the molecule is CNc1nc(Cl)nc(OC(=O)C(O)C(O)C(=O)Oc2nc(N)nc(Cl)n2)n1. The third-order valence-electron chi connectivity index (χ3n) is 2.58. The monoisotopic (exact) mass is 420 g/mol. The lowest BCUT2D eigenvalue weighted by Gasteiger charge is -2.14. The molecular formula is C11H10Cl2N8O6. The molecule has 2 aromatic rings. The van der Waals surface area contributed by atoms with Crippen molar-refractivity contribution in [3.05, 3.63) is 10.6 Å². The Morgan fingerprint density at radius 3 is 1.89 bits per heavy atom. The maximum Gasteiger partial charge on any atom is 0.346 e. The number of halogens is 2. The fraction of sp³-hybridized carbons (Fsp3) is 0.273. The van der Waals surface area contributed by atoms with Gasteiger partial charge in [0, 0.05) is 7.05 Å². The van der Waals surface area contributed by atoms with E-state index in [2.05, 4.69) is 44.7 Å². The molecule has 2 heterocycles. The summed E-state index contributed by atoms with van der Waals surface area (Å²) in [7, 11) is 1.46. The van der Waals surface area contributed by atoms with Gasteiger partial charge in [0.1, 0.15) is 0 Å². The number of aromatic nitrogens is 6. The van der Waals surface area contributed by atoms with Gasteiger partial charge in [-0.2, -0.15) is 29.9 Å². The standard InChI is InChI=1S/C11H10Cl2N8O6/c1-15-9-17-7(13)19-11(21-9)27-5(25)3(23)2(22)4(24)26-10-18-6(12)16-8(14)20-10/h2-3,22-23H,1H3,(H2,14,16,18,20)(H,15,17,19,21). The molecule has 0 radical (unpaired) electrons. The van der Waals surface area contributed by atoms with Gasteiger partial charge < -0.3 is 30.7 Å². The second-order valence-electron chi connectivity index (χ2n) is 4.44. The van der Waals surface area contributed by atoms with Crippen molar-refractivity contribution >= 4 is 47.0 Å². The number of aliphatic hydroxyl groups is 2. The van der Waals surface area contributed by atoms with Gasteiger partial charge in [-0.15, -0.1) is 0 Å². The van der Waals surface area contributed by atoms with Crippen LogP contribution < -0.4 is 20.5 Å². The lowest BCUT2D eigenvalue weighted by Crippen LogP contribution is -2.44. The number of esters is 2. The molecule has 0 bridgehead atoms. The Labute approximate surface area is 159 Å². The summed E-state index contributed by atoms with van der Waals surface area (Å²) in [5.74, 6) is -3.36. The van der Waals surface area contributed by atoms with E-state index in [9.17, 15) is 19.8 Å². The van der Waals surface area contributed by atoms with Crippen LogP contribution in [-0.4, -0.2) is 71.3 Å². The Bertz CT molecular complexity index is 850. The van der Waals surface area contributed by atoms with Crippen LogP contribution in [0.5, 0.6) is 12.0 Å². The van der Waals surface area contributed by atoms with E-state index in [1.54, 1.807) is 0 Å². The minimum Gasteiger partial charge on any atom is -0.389 e. The fourth-order valence-electron chi connectivity index (χ4n) is 1.44. The van der Waals surface area contributed by atoms with E-state index in [1.165, 1.54) is 7.05 Å². The molecule has 14 nitrogen and oxygen atoms in total. The van der Waals surface area contributed by atoms with E-state index in [0.29, 0.717) is 0 Å². The van der Waals surface area contributed by atoms with Crippen molar-refractivity contribution in [3.8, 4) is 12.0 Å². The molecule has 2 aromatic heterocycles. The molecule has 0 fully saturated rings. The molecule has 0 saturated heterocycles. The lowest BCUT2D eigenvalue weighted by molar-refractivity contribution is -0.163. The molecule has 2 atom stereocenters. The topological polar surface area (TPSA) is 208 Å². The van der Waals surface area contributed by atoms with Gasteiger partial charge in [-0.3, -0.25) is 0 Å². The van der Waals surface area contributed by atoms with Crippen LogP contribution in [-0.2, 0) is 9.59 Å². The number of nitrogens with two attached hydrogens (primary N) is 1. The summed E-state index contributed by atoms with van der Waals surface area (Å²) in [5, 5.41) is 21.3. The Morgan fingerprint density at radius 2 is 1.41 bits per heavy atom. The van der Waals surface area contributed by atoms with Gasteiger partial charge >= 0.3 is 24.0 Å². The summed E-state index contributed by atoms with van der Waals surface area (Å²) in [6, 6.07) is -1.24. The minimum atomic E-state index is -2.37. The zero-order valence-corrected chi connectivity index (χ0v) is 14.7. The van der Waals surface area contributed by atoms with Gasteiger partial charge in [0.15, 0.2) is 12.2 Å². The predicted molar refractivity (Wildman–Crippen MR) is 86.9 cm³/mol. The number of nitrogens with one attached hydrogen (secondary N) is 1. The second kappa shape index (κ2) is 8.63. The zero-order chi connectivity index (χ0) is 20.1. The first-order valence-corrected chi connectivity index (χ1v) is 7.51. The molecule has 27 heavy (non-hydrogen) atoms. The number of ether oxygens (including phenoxy) is 2. The van der Waals surface area contributed by atoms with E-state index in [-0.39, 0.29) is 22.5 Å². The van der Waals surface area contributed by atoms with Crippen molar-refractivity contribution in [2.24, 2.45) is 0 Å². The van der Waals surface area contributed by atoms with Crippen LogP contribution in [0.25, 0.3) is 0 Å². The summed E-state index contributed by atoms with van der Waals surface area (Å²) in [6.07, 6.45) is -4.73. The van der Waals surface area contributed by atoms with Crippen LogP contribution in [0.3, 0.4) is 0 Å². The Kier molecular flexibility index (Phi) is 6.51. The van der Waals surface area contributed by atoms with E-state index in [1.807, 2.05) is 0 Å². The number of aliphatic hydroxyl groups excluding tert-OH is 2. The van der Waals surface area contributed by atoms with Gasteiger partial charge in [0.2, 0.25) is 22.5 Å². The predicted octanol–water partition coefficient (Wildman–Crippen LogP) is -1.78. The highest BCUT2D eigenvalue weighted by Gasteiger charge is 2.34. The maximum absolute atomic E-state index is 11.8. The molecule has 0 aliphatic rings. The van der Waals surface area contributed by atoms with Crippen LogP contribution in [0.15, 0.2) is 0 Å². The van der Waals surface area contributed by atoms with Gasteiger partial charge in [-0.25, -0.2) is 9.59 Å². The number of carbonyl (C=O) groups is 2. The molecule has 0 spiro atoms. The first kappa shape index (κ1) is 20.4. The average Bonchev–Trinajstić information content (AvgIpc) is 2.58. The molecule has 0 aromatic carbocycles. The number of anilines is 2. The highest BCUT2D eigenvalue weighted by Crippen LogP contribution is 2.13. The van der Waals surface area contributed by atoms with Crippen molar-refractivity contribution in [1.29, 1.82) is 0 Å². The second-order valence-corrected chi connectivity index (χ2v) is 5.11. The zero-order valence-electron chi connectivity index (χ0n) is 13.2. The molecule has 0 aliphatic carbocycles. The van der Waals surface area contributed by atoms with Crippen molar-refractivity contribution in [2.45, 2.75) is 12.2 Å². The van der Waals surface area contributed by atoms with Crippen LogP contribution in [0.1, 0.15) is 0 Å². The fourth-order valence-corrected chi connectivity index (χ4v) is 1.75. The Balaban J connectivity index is 2.04. The maximum atomic E-state index is 11.8. The van der Waals surface area contributed by atoms with Gasteiger partial charge in [0.25, 0.3) is 0 Å². The first-order chi connectivity index (χ1) is 12.7. The number of hydrogen-bond acceptors (Lipinski definition) is 14. The quantitative estimate of drug-likeness (QED) is 0.380. The Hall–Kier alpha value is -2.94. The van der Waals surface area contributed by atoms with E-state index in [0.717, 1.165) is 0 Å². The molecule has 2 rings (SSSR count). The molecule has 0 amide bonds. The van der Waals surface area contributed by atoms with E-state index < -0.39 is 36.2 Å². The van der Waals surface area contributed by atoms with Gasteiger partial charge in [-0.1, -0.05) is 0 Å².